The van der Waals surface area contributed by atoms with Gasteiger partial charge in [-0.05, 0) is 52.4 Å². The van der Waals surface area contributed by atoms with E-state index in [0.29, 0.717) is 0 Å². The highest BCUT2D eigenvalue weighted by molar-refractivity contribution is 6.95. The Morgan fingerprint density at radius 2 is 0.667 bits per heavy atom. The molecule has 0 saturated carbocycles. The Bertz CT molecular complexity index is 1610. The molecule has 0 unspecified atom stereocenters. The summed E-state index contributed by atoms with van der Waals surface area (Å²) in [6, 6.07) is 53.2. The van der Waals surface area contributed by atoms with Crippen molar-refractivity contribution in [3.05, 3.63) is 157 Å². The number of rotatable bonds is 6. The number of aryl methyl sites for hydroxylation is 1. The standard InChI is InChI=1S/C37H29BO/c1-27-7-19-34(20-8-27)38(36-23-25-37(39)26-24-36)35-21-17-33(18-22-35)32-15-13-31(14-16-32)30-11-9-29(10-12-30)28-5-3-2-4-6-28/h2-26,39H,1H3. The normalized spacial score (nSPS) is 10.8. The third kappa shape index (κ3) is 5.42. The molecule has 0 aliphatic heterocycles. The van der Waals surface area contributed by atoms with Crippen LogP contribution in [-0.2, 0) is 0 Å². The van der Waals surface area contributed by atoms with Crippen LogP contribution in [0.1, 0.15) is 5.56 Å². The van der Waals surface area contributed by atoms with Crippen molar-refractivity contribution in [2.45, 2.75) is 6.92 Å². The molecule has 0 heterocycles. The summed E-state index contributed by atoms with van der Waals surface area (Å²) in [6.45, 7) is 2.21. The van der Waals surface area contributed by atoms with Gasteiger partial charge in [-0.3, -0.25) is 0 Å². The number of aromatic hydroxyl groups is 1. The molecule has 0 bridgehead atoms. The maximum absolute atomic E-state index is 9.83. The van der Waals surface area contributed by atoms with Gasteiger partial charge >= 0.3 is 0 Å². The molecule has 6 aromatic carbocycles. The molecule has 0 aliphatic rings. The molecule has 6 aromatic rings. The van der Waals surface area contributed by atoms with Crippen molar-refractivity contribution in [2.24, 2.45) is 0 Å². The molecule has 2 heteroatoms. The molecule has 0 aromatic heterocycles. The number of hydrogen-bond acceptors (Lipinski definition) is 1. The maximum Gasteiger partial charge on any atom is 0.241 e. The van der Waals surface area contributed by atoms with E-state index in [1.807, 2.05) is 18.2 Å². The molecule has 0 atom stereocenters. The van der Waals surface area contributed by atoms with E-state index in [-0.39, 0.29) is 12.5 Å². The zero-order chi connectivity index (χ0) is 26.6. The van der Waals surface area contributed by atoms with Gasteiger partial charge in [-0.25, -0.2) is 0 Å². The zero-order valence-corrected chi connectivity index (χ0v) is 22.0. The highest BCUT2D eigenvalue weighted by Crippen LogP contribution is 2.27. The number of phenols is 1. The predicted octanol–water partition coefficient (Wildman–Crippen LogP) is 7.22. The van der Waals surface area contributed by atoms with Gasteiger partial charge in [0.25, 0.3) is 0 Å². The summed E-state index contributed by atoms with van der Waals surface area (Å²) < 4.78 is 0. The van der Waals surface area contributed by atoms with Crippen molar-refractivity contribution in [1.29, 1.82) is 0 Å². The van der Waals surface area contributed by atoms with Crippen LogP contribution < -0.4 is 16.4 Å². The fraction of sp³-hybridized carbons (Fsp3) is 0.0270. The summed E-state index contributed by atoms with van der Waals surface area (Å²) in [4.78, 5) is 0. The molecule has 0 saturated heterocycles. The first-order valence-corrected chi connectivity index (χ1v) is 13.4. The summed E-state index contributed by atoms with van der Waals surface area (Å²) in [5.74, 6) is 0.285. The number of hydrogen-bond donors (Lipinski definition) is 1. The molecule has 6 rings (SSSR count). The Hall–Kier alpha value is -4.82. The Morgan fingerprint density at radius 3 is 1.08 bits per heavy atom. The third-order valence-electron chi connectivity index (χ3n) is 7.42. The Morgan fingerprint density at radius 1 is 0.359 bits per heavy atom. The van der Waals surface area contributed by atoms with Gasteiger partial charge in [-0.1, -0.05) is 161 Å². The van der Waals surface area contributed by atoms with Crippen LogP contribution in [-0.4, -0.2) is 11.8 Å². The lowest BCUT2D eigenvalue weighted by Crippen LogP contribution is -2.51. The molecule has 0 amide bonds. The van der Waals surface area contributed by atoms with Crippen LogP contribution in [0.4, 0.5) is 0 Å². The maximum atomic E-state index is 9.83. The molecular formula is C37H29BO. The van der Waals surface area contributed by atoms with Gasteiger partial charge in [0.15, 0.2) is 0 Å². The van der Waals surface area contributed by atoms with Crippen LogP contribution in [0.2, 0.25) is 0 Å². The van der Waals surface area contributed by atoms with Crippen molar-refractivity contribution in [3.63, 3.8) is 0 Å². The monoisotopic (exact) mass is 500 g/mol. The fourth-order valence-electron chi connectivity index (χ4n) is 5.21. The summed E-state index contributed by atoms with van der Waals surface area (Å²) in [5, 5.41) is 9.83. The van der Waals surface area contributed by atoms with Gasteiger partial charge in [0.1, 0.15) is 5.75 Å². The average Bonchev–Trinajstić information content (AvgIpc) is 3.00. The van der Waals surface area contributed by atoms with Gasteiger partial charge in [0.05, 0.1) is 0 Å². The molecular weight excluding hydrogens is 471 g/mol. The van der Waals surface area contributed by atoms with E-state index in [1.165, 1.54) is 49.9 Å². The summed E-state index contributed by atoms with van der Waals surface area (Å²) in [5.41, 5.74) is 12.1. The quantitative estimate of drug-likeness (QED) is 0.240. The Labute approximate surface area is 231 Å². The van der Waals surface area contributed by atoms with Crippen LogP contribution in [0.3, 0.4) is 0 Å². The molecule has 1 nitrogen and oxygen atoms in total. The van der Waals surface area contributed by atoms with E-state index in [2.05, 4.69) is 128 Å². The van der Waals surface area contributed by atoms with E-state index in [0.717, 1.165) is 5.46 Å². The predicted molar refractivity (Wildman–Crippen MR) is 167 cm³/mol. The molecule has 0 spiro atoms. The zero-order valence-electron chi connectivity index (χ0n) is 22.0. The lowest BCUT2D eigenvalue weighted by Gasteiger charge is -2.16. The molecule has 0 fully saturated rings. The van der Waals surface area contributed by atoms with Gasteiger partial charge < -0.3 is 5.11 Å². The average molecular weight is 500 g/mol. The highest BCUT2D eigenvalue weighted by Gasteiger charge is 2.21. The molecule has 0 radical (unpaired) electrons. The van der Waals surface area contributed by atoms with Crippen LogP contribution in [0.5, 0.6) is 5.75 Å². The van der Waals surface area contributed by atoms with Crippen molar-refractivity contribution in [1.82, 2.24) is 0 Å². The fourth-order valence-corrected chi connectivity index (χ4v) is 5.21. The minimum absolute atomic E-state index is 0.0986. The number of benzene rings is 6. The topological polar surface area (TPSA) is 20.2 Å². The molecule has 186 valence electrons. The van der Waals surface area contributed by atoms with Gasteiger partial charge in [-0.2, -0.15) is 0 Å². The van der Waals surface area contributed by atoms with E-state index >= 15 is 0 Å². The first kappa shape index (κ1) is 24.5. The van der Waals surface area contributed by atoms with Crippen molar-refractivity contribution >= 4 is 23.1 Å². The van der Waals surface area contributed by atoms with Gasteiger partial charge in [0, 0.05) is 0 Å². The lowest BCUT2D eigenvalue weighted by atomic mass is 9.37. The summed E-state index contributed by atoms with van der Waals surface area (Å²) in [6.07, 6.45) is 0. The second kappa shape index (κ2) is 10.9. The minimum Gasteiger partial charge on any atom is -0.508 e. The van der Waals surface area contributed by atoms with Crippen LogP contribution in [0.25, 0.3) is 33.4 Å². The van der Waals surface area contributed by atoms with Crippen molar-refractivity contribution < 1.29 is 5.11 Å². The van der Waals surface area contributed by atoms with Gasteiger partial charge in [-0.15, -0.1) is 0 Å². The SMILES string of the molecule is Cc1ccc(B(c2ccc(O)cc2)c2ccc(-c3ccc(-c4ccc(-c5ccccc5)cc4)cc3)cc2)cc1. The Kier molecular flexibility index (Phi) is 6.85. The largest absolute Gasteiger partial charge is 0.508 e. The molecule has 0 aliphatic carbocycles. The summed E-state index contributed by atoms with van der Waals surface area (Å²) in [7, 11) is 0. The Balaban J connectivity index is 1.25. The van der Waals surface area contributed by atoms with Crippen molar-refractivity contribution in [2.75, 3.05) is 0 Å². The third-order valence-corrected chi connectivity index (χ3v) is 7.42. The van der Waals surface area contributed by atoms with E-state index < -0.39 is 0 Å². The van der Waals surface area contributed by atoms with E-state index in [4.69, 9.17) is 0 Å². The minimum atomic E-state index is 0.0986. The van der Waals surface area contributed by atoms with Crippen LogP contribution in [0.15, 0.2) is 152 Å². The molecule has 39 heavy (non-hydrogen) atoms. The van der Waals surface area contributed by atoms with Crippen LogP contribution in [0, 0.1) is 6.92 Å². The number of phenolic OH excluding ortho intramolecular Hbond substituents is 1. The van der Waals surface area contributed by atoms with E-state index in [1.54, 1.807) is 12.1 Å². The second-order valence-electron chi connectivity index (χ2n) is 10.1. The first-order chi connectivity index (χ1) is 19.1. The highest BCUT2D eigenvalue weighted by atomic mass is 16.3. The van der Waals surface area contributed by atoms with Gasteiger partial charge in [0.2, 0.25) is 6.71 Å². The lowest BCUT2D eigenvalue weighted by molar-refractivity contribution is 0.475. The molecule has 1 N–H and O–H groups in total. The summed E-state index contributed by atoms with van der Waals surface area (Å²) >= 11 is 0. The first-order valence-electron chi connectivity index (χ1n) is 13.4. The van der Waals surface area contributed by atoms with E-state index in [9.17, 15) is 5.11 Å². The smallest absolute Gasteiger partial charge is 0.241 e. The second-order valence-corrected chi connectivity index (χ2v) is 10.1. The van der Waals surface area contributed by atoms with Crippen molar-refractivity contribution in [3.8, 4) is 39.1 Å². The van der Waals surface area contributed by atoms with Crippen LogP contribution >= 0.6 is 0 Å².